The monoisotopic (exact) mass is 979 g/mol. The summed E-state index contributed by atoms with van der Waals surface area (Å²) >= 11 is 0. The van der Waals surface area contributed by atoms with Crippen LogP contribution in [-0.4, -0.2) is 127 Å². The first-order valence-electron chi connectivity index (χ1n) is 22.5. The lowest BCUT2D eigenvalue weighted by Gasteiger charge is -2.26. The lowest BCUT2D eigenvalue weighted by molar-refractivity contribution is -0.133. The molecular weight excluding hydrogens is 897 g/mol. The Bertz CT molecular complexity index is 1570. The van der Waals surface area contributed by atoms with Crippen LogP contribution >= 0.6 is 0 Å². The fourth-order valence-corrected chi connectivity index (χ4v) is 5.90. The third kappa shape index (κ3) is 39.5. The van der Waals surface area contributed by atoms with Crippen LogP contribution in [0.1, 0.15) is 133 Å². The second-order valence-corrected chi connectivity index (χ2v) is 18.3. The Morgan fingerprint density at radius 3 is 0.940 bits per heavy atom. The number of hydrogen-bond donors (Lipinski definition) is 12. The maximum absolute atomic E-state index is 12.8. The first-order chi connectivity index (χ1) is 31.0. The van der Waals surface area contributed by atoms with E-state index in [1.165, 1.54) is 0 Å². The van der Waals surface area contributed by atoms with Crippen molar-refractivity contribution in [2.24, 2.45) is 56.6 Å². The van der Waals surface area contributed by atoms with Crippen LogP contribution in [0.25, 0.3) is 0 Å². The Kier molecular flexibility index (Phi) is 36.0. The zero-order valence-electron chi connectivity index (χ0n) is 41.0. The average Bonchev–Trinajstić information content (AvgIpc) is 3.20. The van der Waals surface area contributed by atoms with Gasteiger partial charge in [0.15, 0.2) is 11.9 Å². The summed E-state index contributed by atoms with van der Waals surface area (Å²) in [6, 6.07) is -4.51. The zero-order chi connectivity index (χ0) is 52.4. The van der Waals surface area contributed by atoms with Gasteiger partial charge in [-0.25, -0.2) is 0 Å². The Hall–Kier alpha value is -5.43. The van der Waals surface area contributed by atoms with E-state index in [2.05, 4.69) is 41.9 Å². The van der Waals surface area contributed by atoms with E-state index in [1.807, 2.05) is 55.4 Å². The number of nitrogens with zero attached hydrogens (tertiary/aromatic N) is 2. The maximum atomic E-state index is 12.8. The Labute approximate surface area is 396 Å². The van der Waals surface area contributed by atoms with E-state index in [4.69, 9.17) is 40.5 Å². The van der Waals surface area contributed by atoms with Gasteiger partial charge in [-0.1, -0.05) is 69.2 Å². The number of nitrogens with two attached hydrogens (primary N) is 4. The maximum Gasteiger partial charge on any atom is 0.394 e. The molecule has 0 fully saturated rings. The van der Waals surface area contributed by atoms with Gasteiger partial charge in [0.1, 0.15) is 36.7 Å². The summed E-state index contributed by atoms with van der Waals surface area (Å²) in [5.41, 5.74) is 21.1. The number of aliphatic imine (C=N–C) groups is 2. The highest BCUT2D eigenvalue weighted by Gasteiger charge is 2.30. The molecule has 0 saturated heterocycles. The summed E-state index contributed by atoms with van der Waals surface area (Å²) < 4.78 is 31.6. The molecule has 0 aliphatic heterocycles. The number of carbonyl (C=O) groups excluding carboxylic acids is 8. The van der Waals surface area contributed by atoms with Crippen molar-refractivity contribution in [2.75, 3.05) is 13.1 Å². The fraction of sp³-hybridized carbons (Fsp3) is 0.762. The van der Waals surface area contributed by atoms with E-state index in [9.17, 15) is 38.4 Å². The quantitative estimate of drug-likeness (QED) is 0.0145. The van der Waals surface area contributed by atoms with Gasteiger partial charge in [0.2, 0.25) is 35.4 Å². The topological polar surface area (TPSA) is 412 Å². The molecule has 6 amide bonds. The molecule has 0 radical (unpaired) electrons. The van der Waals surface area contributed by atoms with Crippen molar-refractivity contribution in [1.29, 1.82) is 0 Å². The Morgan fingerprint density at radius 2 is 0.731 bits per heavy atom. The summed E-state index contributed by atoms with van der Waals surface area (Å²) in [6.45, 7) is 19.7. The summed E-state index contributed by atoms with van der Waals surface area (Å²) in [6.07, 6.45) is 5.32. The Balaban J connectivity index is -0.00000111. The molecule has 0 aliphatic rings. The minimum absolute atomic E-state index is 0.0301. The summed E-state index contributed by atoms with van der Waals surface area (Å²) in [5, 5.41) is 16.3. The molecule has 388 valence electrons. The number of aldehydes is 2. The van der Waals surface area contributed by atoms with Gasteiger partial charge in [0, 0.05) is 25.9 Å². The average molecular weight is 979 g/mol. The van der Waals surface area contributed by atoms with Gasteiger partial charge in [-0.15, -0.1) is 0 Å². The number of guanidine groups is 2. The molecule has 0 rings (SSSR count). The fourth-order valence-electron chi connectivity index (χ4n) is 5.90. The SMILES string of the molecule is CCC(=O)N[C@H](CC(C)C)C(=O)N[C@H](CC(C)C)C(=O)N[C@@H](C=O)CCCN=C(N)N.CCC(=O)N[C@H](CC(C)C)C(=O)N[C@H](CC(C)C)C(=O)N[C@@H](C=O)CCCN=C(N)N.O=S(=O)(O)O. The van der Waals surface area contributed by atoms with Crippen molar-refractivity contribution in [1.82, 2.24) is 31.9 Å². The Morgan fingerprint density at radius 1 is 0.493 bits per heavy atom. The number of hydrogen-bond acceptors (Lipinski definition) is 12. The highest BCUT2D eigenvalue weighted by atomic mass is 32.3. The van der Waals surface area contributed by atoms with Crippen LogP contribution < -0.4 is 54.8 Å². The molecule has 0 unspecified atom stereocenters. The molecule has 0 aromatic carbocycles. The van der Waals surface area contributed by atoms with Crippen molar-refractivity contribution in [2.45, 2.75) is 170 Å². The van der Waals surface area contributed by atoms with Gasteiger partial charge in [-0.3, -0.25) is 47.9 Å². The van der Waals surface area contributed by atoms with Crippen molar-refractivity contribution in [3.8, 4) is 0 Å². The second kappa shape index (κ2) is 36.7. The number of rotatable bonds is 30. The molecule has 0 heterocycles. The van der Waals surface area contributed by atoms with Gasteiger partial charge in [-0.05, 0) is 75.0 Å². The first kappa shape index (κ1) is 65.8. The highest BCUT2D eigenvalue weighted by molar-refractivity contribution is 7.79. The normalized spacial score (nSPS) is 13.6. The summed E-state index contributed by atoms with van der Waals surface area (Å²) in [5.74, 6) is -1.61. The molecule has 24 nitrogen and oxygen atoms in total. The largest absolute Gasteiger partial charge is 0.394 e. The van der Waals surface area contributed by atoms with Crippen LogP contribution in [0, 0.1) is 23.7 Å². The van der Waals surface area contributed by atoms with Crippen molar-refractivity contribution in [3.05, 3.63) is 0 Å². The minimum Gasteiger partial charge on any atom is -0.370 e. The van der Waals surface area contributed by atoms with Crippen LogP contribution in [0.4, 0.5) is 0 Å². The molecule has 0 bridgehead atoms. The van der Waals surface area contributed by atoms with Crippen LogP contribution in [-0.2, 0) is 48.8 Å². The van der Waals surface area contributed by atoms with Crippen LogP contribution in [0.15, 0.2) is 9.98 Å². The van der Waals surface area contributed by atoms with E-state index < -0.39 is 70.3 Å². The molecule has 0 spiro atoms. The lowest BCUT2D eigenvalue weighted by atomic mass is 9.99. The van der Waals surface area contributed by atoms with E-state index in [-0.39, 0.29) is 60.2 Å². The highest BCUT2D eigenvalue weighted by Crippen LogP contribution is 2.12. The van der Waals surface area contributed by atoms with Gasteiger partial charge in [-0.2, -0.15) is 8.42 Å². The van der Waals surface area contributed by atoms with E-state index in [1.54, 1.807) is 13.8 Å². The third-order valence-electron chi connectivity index (χ3n) is 8.96. The molecule has 0 saturated carbocycles. The predicted molar refractivity (Wildman–Crippen MR) is 256 cm³/mol. The minimum atomic E-state index is -4.67. The van der Waals surface area contributed by atoms with E-state index in [0.29, 0.717) is 77.0 Å². The first-order valence-corrected chi connectivity index (χ1v) is 23.9. The van der Waals surface area contributed by atoms with Gasteiger partial charge >= 0.3 is 10.4 Å². The van der Waals surface area contributed by atoms with Gasteiger partial charge in [0.25, 0.3) is 0 Å². The van der Waals surface area contributed by atoms with Crippen molar-refractivity contribution >= 4 is 70.3 Å². The zero-order valence-corrected chi connectivity index (χ0v) is 41.8. The van der Waals surface area contributed by atoms with E-state index >= 15 is 0 Å². The van der Waals surface area contributed by atoms with Crippen LogP contribution in [0.3, 0.4) is 0 Å². The third-order valence-corrected chi connectivity index (χ3v) is 8.96. The van der Waals surface area contributed by atoms with Crippen LogP contribution in [0.5, 0.6) is 0 Å². The van der Waals surface area contributed by atoms with Crippen LogP contribution in [0.2, 0.25) is 0 Å². The molecule has 16 N–H and O–H groups in total. The predicted octanol–water partition coefficient (Wildman–Crippen LogP) is -0.262. The number of nitrogens with one attached hydrogen (secondary N) is 6. The molecule has 6 atom stereocenters. The summed E-state index contributed by atoms with van der Waals surface area (Å²) in [7, 11) is -4.67. The lowest BCUT2D eigenvalue weighted by Crippen LogP contribution is -2.55. The van der Waals surface area contributed by atoms with Crippen molar-refractivity contribution < 1.29 is 55.9 Å². The second-order valence-electron chi connectivity index (χ2n) is 17.4. The van der Waals surface area contributed by atoms with E-state index in [0.717, 1.165) is 0 Å². The molecule has 0 aromatic rings. The number of carbonyl (C=O) groups is 8. The molecule has 0 aromatic heterocycles. The molecule has 25 heteroatoms. The van der Waals surface area contributed by atoms with Gasteiger partial charge in [0.05, 0.1) is 12.1 Å². The summed E-state index contributed by atoms with van der Waals surface area (Å²) in [4.78, 5) is 105. The standard InChI is InChI=1S/2C21H40N6O4.H2O4S/c2*1-6-18(29)26-16(10-13(2)3)20(31)27-17(11-14(4)5)19(30)25-15(12-28)8-7-9-24-21(22)23;1-5(2,3)4/h2*12-17H,6-11H2,1-5H3,(H,25,30)(H,26,29)(H,27,31)(H4,22,23,24);(H2,1,2,3,4)/t2*15-,16-,17-;/m11./s1. The van der Waals surface area contributed by atoms with Crippen molar-refractivity contribution in [3.63, 3.8) is 0 Å². The van der Waals surface area contributed by atoms with Gasteiger partial charge < -0.3 is 64.4 Å². The smallest absolute Gasteiger partial charge is 0.370 e. The molecule has 67 heavy (non-hydrogen) atoms. The molecule has 0 aliphatic carbocycles. The number of amides is 6. The molecular formula is C42H82N12O12S.